The summed E-state index contributed by atoms with van der Waals surface area (Å²) in [6.45, 7) is 0. The first kappa shape index (κ1) is 26.7. The van der Waals surface area contributed by atoms with Crippen LogP contribution in [0.15, 0.2) is 71.1 Å². The Bertz CT molecular complexity index is 1670. The van der Waals surface area contributed by atoms with Gasteiger partial charge in [0.1, 0.15) is 16.3 Å². The molecular weight excluding hydrogens is 543 g/mol. The van der Waals surface area contributed by atoms with Gasteiger partial charge in [-0.05, 0) is 54.1 Å². The first-order valence-corrected chi connectivity index (χ1v) is 12.0. The minimum atomic E-state index is -4.71. The van der Waals surface area contributed by atoms with Gasteiger partial charge in [0.2, 0.25) is 0 Å². The second-order valence-electron chi connectivity index (χ2n) is 7.73. The van der Waals surface area contributed by atoms with Crippen molar-refractivity contribution in [3.05, 3.63) is 97.8 Å². The molecule has 0 atom stereocenters. The van der Waals surface area contributed by atoms with Gasteiger partial charge >= 0.3 is 21.5 Å². The lowest BCUT2D eigenvalue weighted by Gasteiger charge is -2.14. The number of carbonyl (C=O) groups is 2. The molecule has 1 saturated heterocycles. The lowest BCUT2D eigenvalue weighted by atomic mass is 10.1. The van der Waals surface area contributed by atoms with E-state index in [9.17, 15) is 42.6 Å². The number of hydrogen-bond acceptors (Lipinski definition) is 10. The third kappa shape index (κ3) is 5.35. The molecule has 3 aromatic rings. The summed E-state index contributed by atoms with van der Waals surface area (Å²) in [4.78, 5) is 44.5. The number of anilines is 1. The third-order valence-corrected chi connectivity index (χ3v) is 6.53. The van der Waals surface area contributed by atoms with E-state index in [1.165, 1.54) is 37.5 Å². The monoisotopic (exact) mass is 558 g/mol. The van der Waals surface area contributed by atoms with Gasteiger partial charge in [0, 0.05) is 12.1 Å². The van der Waals surface area contributed by atoms with E-state index in [2.05, 4.69) is 5.43 Å². The summed E-state index contributed by atoms with van der Waals surface area (Å²) in [5, 5.41) is 23.1. The number of rotatable bonds is 8. The normalized spacial score (nSPS) is 14.3. The molecule has 1 aliphatic rings. The predicted octanol–water partition coefficient (Wildman–Crippen LogP) is 2.88. The van der Waals surface area contributed by atoms with Crippen molar-refractivity contribution in [2.24, 2.45) is 0 Å². The van der Waals surface area contributed by atoms with Crippen molar-refractivity contribution in [3.63, 3.8) is 0 Å². The molecule has 1 heterocycles. The molecule has 0 unspecified atom stereocenters. The molecule has 16 heteroatoms. The molecule has 0 bridgehead atoms. The molecule has 1 aliphatic heterocycles. The Morgan fingerprint density at radius 2 is 1.59 bits per heavy atom. The van der Waals surface area contributed by atoms with E-state index in [0.29, 0.717) is 12.1 Å². The van der Waals surface area contributed by atoms with Crippen LogP contribution in [0.25, 0.3) is 6.08 Å². The number of nitro benzene ring substituents is 2. The average molecular weight is 558 g/mol. The second-order valence-corrected chi connectivity index (χ2v) is 9.27. The van der Waals surface area contributed by atoms with Crippen molar-refractivity contribution < 1.29 is 41.2 Å². The molecule has 0 spiro atoms. The molecule has 0 aliphatic carbocycles. The van der Waals surface area contributed by atoms with Crippen molar-refractivity contribution >= 4 is 45.1 Å². The summed E-state index contributed by atoms with van der Waals surface area (Å²) in [5.41, 5.74) is 0.577. The summed E-state index contributed by atoms with van der Waals surface area (Å²) in [6, 6.07) is 10.5. The van der Waals surface area contributed by atoms with E-state index in [0.717, 1.165) is 29.3 Å². The number of nitrogens with one attached hydrogen (secondary N) is 1. The van der Waals surface area contributed by atoms with Gasteiger partial charge in [0.15, 0.2) is 11.5 Å². The van der Waals surface area contributed by atoms with E-state index >= 15 is 0 Å². The van der Waals surface area contributed by atoms with Gasteiger partial charge in [-0.1, -0.05) is 6.07 Å². The van der Waals surface area contributed by atoms with Crippen LogP contribution in [0.3, 0.4) is 0 Å². The van der Waals surface area contributed by atoms with Gasteiger partial charge in [0.25, 0.3) is 11.8 Å². The molecule has 4 rings (SSSR count). The van der Waals surface area contributed by atoms with Crippen LogP contribution in [0.1, 0.15) is 5.56 Å². The summed E-state index contributed by atoms with van der Waals surface area (Å²) < 4.78 is 48.9. The summed E-state index contributed by atoms with van der Waals surface area (Å²) in [7, 11) is -3.53. The Balaban J connectivity index is 1.62. The van der Waals surface area contributed by atoms with Gasteiger partial charge in [-0.25, -0.2) is 9.40 Å². The molecule has 0 aromatic heterocycles. The highest BCUT2D eigenvalue weighted by molar-refractivity contribution is 7.87. The number of nitrogens with zero attached hydrogens (tertiary/aromatic N) is 3. The topological polar surface area (TPSA) is 188 Å². The number of benzene rings is 3. The highest BCUT2D eigenvalue weighted by Crippen LogP contribution is 2.34. The standard InChI is InChI=1S/C23H15FN4O10S/c1-37-21-11-13(10-17-22(29)25-26(23(17)30)15-5-3-14(24)4-6-15)2-9-20(21)38-39(35,36)16-7-8-18(27(31)32)19(12-16)28(33)34/h2-12H,1H3,(H,25,29)/b17-10+. The molecule has 1 N–H and O–H groups in total. The summed E-state index contributed by atoms with van der Waals surface area (Å²) in [6.07, 6.45) is 1.21. The number of hydrazine groups is 1. The molecule has 3 aromatic carbocycles. The van der Waals surface area contributed by atoms with Crippen molar-refractivity contribution in [2.75, 3.05) is 12.1 Å². The Labute approximate surface area is 218 Å². The maximum absolute atomic E-state index is 13.2. The fourth-order valence-corrected chi connectivity index (χ4v) is 4.43. The zero-order chi connectivity index (χ0) is 28.5. The molecule has 0 radical (unpaired) electrons. The zero-order valence-corrected chi connectivity index (χ0v) is 20.4. The molecule has 1 fully saturated rings. The van der Waals surface area contributed by atoms with Crippen LogP contribution in [0.2, 0.25) is 0 Å². The molecule has 39 heavy (non-hydrogen) atoms. The molecule has 0 saturated carbocycles. The highest BCUT2D eigenvalue weighted by Gasteiger charge is 2.34. The van der Waals surface area contributed by atoms with Crippen molar-refractivity contribution in [2.45, 2.75) is 4.90 Å². The van der Waals surface area contributed by atoms with Crippen molar-refractivity contribution in [3.8, 4) is 11.5 Å². The molecular formula is C23H15FN4O10S. The predicted molar refractivity (Wildman–Crippen MR) is 131 cm³/mol. The number of halogens is 1. The number of hydrogen-bond donors (Lipinski definition) is 1. The zero-order valence-electron chi connectivity index (χ0n) is 19.6. The van der Waals surface area contributed by atoms with Crippen LogP contribution >= 0.6 is 0 Å². The summed E-state index contributed by atoms with van der Waals surface area (Å²) in [5.74, 6) is -2.50. The van der Waals surface area contributed by atoms with E-state index in [4.69, 9.17) is 8.92 Å². The van der Waals surface area contributed by atoms with E-state index in [-0.39, 0.29) is 28.3 Å². The Kier molecular flexibility index (Phi) is 6.96. The Hall–Kier alpha value is -5.38. The van der Waals surface area contributed by atoms with E-state index in [1.807, 2.05) is 0 Å². The van der Waals surface area contributed by atoms with Gasteiger partial charge < -0.3 is 8.92 Å². The highest BCUT2D eigenvalue weighted by atomic mass is 32.2. The van der Waals surface area contributed by atoms with E-state index in [1.54, 1.807) is 0 Å². The van der Waals surface area contributed by atoms with Crippen LogP contribution < -0.4 is 19.4 Å². The summed E-state index contributed by atoms with van der Waals surface area (Å²) >= 11 is 0. The Morgan fingerprint density at radius 3 is 2.21 bits per heavy atom. The number of carbonyl (C=O) groups excluding carboxylic acids is 2. The van der Waals surface area contributed by atoms with Crippen molar-refractivity contribution in [1.82, 2.24) is 5.43 Å². The quantitative estimate of drug-likeness (QED) is 0.141. The first-order valence-electron chi connectivity index (χ1n) is 10.6. The minimum absolute atomic E-state index is 0.148. The number of amides is 2. The second kappa shape index (κ2) is 10.2. The smallest absolute Gasteiger partial charge is 0.347 e. The van der Waals surface area contributed by atoms with Crippen LogP contribution in [0.4, 0.5) is 21.5 Å². The van der Waals surface area contributed by atoms with Crippen LogP contribution in [-0.2, 0) is 19.7 Å². The first-order chi connectivity index (χ1) is 18.4. The average Bonchev–Trinajstić information content (AvgIpc) is 3.17. The van der Waals surface area contributed by atoms with Crippen LogP contribution in [-0.4, -0.2) is 37.2 Å². The van der Waals surface area contributed by atoms with E-state index < -0.39 is 53.9 Å². The fraction of sp³-hybridized carbons (Fsp3) is 0.0435. The van der Waals surface area contributed by atoms with Crippen molar-refractivity contribution in [1.29, 1.82) is 0 Å². The maximum Gasteiger partial charge on any atom is 0.347 e. The SMILES string of the molecule is COc1cc(/C=C2\C(=O)NN(c3ccc(F)cc3)C2=O)ccc1OS(=O)(=O)c1ccc([N+](=O)[O-])c([N+](=O)[O-])c1. The molecule has 2 amide bonds. The number of ether oxygens (including phenoxy) is 1. The minimum Gasteiger partial charge on any atom is -0.493 e. The number of nitro groups is 2. The molecule has 14 nitrogen and oxygen atoms in total. The van der Waals surface area contributed by atoms with Gasteiger partial charge in [-0.2, -0.15) is 8.42 Å². The lowest BCUT2D eigenvalue weighted by Crippen LogP contribution is -2.35. The molecule has 200 valence electrons. The van der Waals surface area contributed by atoms with Gasteiger partial charge in [0.05, 0.1) is 22.6 Å². The number of methoxy groups -OCH3 is 1. The lowest BCUT2D eigenvalue weighted by molar-refractivity contribution is -0.422. The van der Waals surface area contributed by atoms with Gasteiger partial charge in [-0.15, -0.1) is 0 Å². The van der Waals surface area contributed by atoms with Gasteiger partial charge in [-0.3, -0.25) is 35.2 Å². The Morgan fingerprint density at radius 1 is 0.923 bits per heavy atom. The van der Waals surface area contributed by atoms with Crippen LogP contribution in [0.5, 0.6) is 11.5 Å². The third-order valence-electron chi connectivity index (χ3n) is 5.30. The largest absolute Gasteiger partial charge is 0.493 e. The van der Waals surface area contributed by atoms with Crippen LogP contribution in [0, 0.1) is 26.0 Å². The maximum atomic E-state index is 13.2. The fourth-order valence-electron chi connectivity index (χ4n) is 3.46.